The minimum absolute atomic E-state index is 0.0782. The summed E-state index contributed by atoms with van der Waals surface area (Å²) in [5, 5.41) is 6.72. The largest absolute Gasteiger partial charge is 0.372 e. The third kappa shape index (κ3) is 7.93. The first-order valence-corrected chi connectivity index (χ1v) is 11.1. The quantitative estimate of drug-likeness (QED) is 0.319. The third-order valence-electron chi connectivity index (χ3n) is 5.07. The van der Waals surface area contributed by atoms with Gasteiger partial charge in [-0.3, -0.25) is 9.79 Å². The maximum absolute atomic E-state index is 11.9. The van der Waals surface area contributed by atoms with Gasteiger partial charge in [0.2, 0.25) is 0 Å². The highest BCUT2D eigenvalue weighted by atomic mass is 16.1. The smallest absolute Gasteiger partial charge is 0.250 e. The number of pyridine rings is 1. The normalized spacial score (nSPS) is 11.4. The molecule has 0 saturated heterocycles. The van der Waals surface area contributed by atoms with Gasteiger partial charge in [-0.15, -0.1) is 0 Å². The van der Waals surface area contributed by atoms with Crippen molar-refractivity contribution in [2.75, 3.05) is 37.6 Å². The van der Waals surface area contributed by atoms with Gasteiger partial charge in [0.1, 0.15) is 0 Å². The van der Waals surface area contributed by atoms with Gasteiger partial charge in [-0.1, -0.05) is 24.3 Å². The Morgan fingerprint density at radius 2 is 1.80 bits per heavy atom. The van der Waals surface area contributed by atoms with Crippen LogP contribution >= 0.6 is 0 Å². The SMILES string of the molecule is CCNC(=NCCCN(CC)c1ccccc1)NCCCCn1c(C)cccc1=O. The number of aryl methyl sites for hydroxylation is 1. The minimum atomic E-state index is 0.0782. The maximum atomic E-state index is 11.9. The van der Waals surface area contributed by atoms with Gasteiger partial charge >= 0.3 is 0 Å². The van der Waals surface area contributed by atoms with Crippen LogP contribution in [0.5, 0.6) is 0 Å². The molecule has 0 aliphatic rings. The standard InChI is InChI=1S/C24H37N5O/c1-4-25-24(26-17-9-10-20-29-21(3)13-11-16-23(29)30)27-18-12-19-28(5-2)22-14-7-6-8-15-22/h6-8,11,13-16H,4-5,9-10,12,17-20H2,1-3H3,(H2,25,26,27). The summed E-state index contributed by atoms with van der Waals surface area (Å²) in [6, 6.07) is 15.9. The predicted molar refractivity (Wildman–Crippen MR) is 128 cm³/mol. The van der Waals surface area contributed by atoms with Crippen molar-refractivity contribution >= 4 is 11.6 Å². The summed E-state index contributed by atoms with van der Waals surface area (Å²) in [5.41, 5.74) is 2.36. The Morgan fingerprint density at radius 1 is 1.00 bits per heavy atom. The van der Waals surface area contributed by atoms with E-state index in [4.69, 9.17) is 4.99 Å². The molecule has 0 unspecified atom stereocenters. The van der Waals surface area contributed by atoms with Crippen molar-refractivity contribution in [2.24, 2.45) is 4.99 Å². The van der Waals surface area contributed by atoms with Crippen molar-refractivity contribution in [1.29, 1.82) is 0 Å². The molecular weight excluding hydrogens is 374 g/mol. The van der Waals surface area contributed by atoms with Crippen LogP contribution in [0.25, 0.3) is 0 Å². The van der Waals surface area contributed by atoms with Crippen LogP contribution in [0.2, 0.25) is 0 Å². The molecule has 1 aromatic carbocycles. The Morgan fingerprint density at radius 3 is 2.50 bits per heavy atom. The van der Waals surface area contributed by atoms with Crippen molar-refractivity contribution < 1.29 is 0 Å². The Kier molecular flexibility index (Phi) is 10.6. The maximum Gasteiger partial charge on any atom is 0.250 e. The number of aromatic nitrogens is 1. The number of hydrogen-bond acceptors (Lipinski definition) is 3. The van der Waals surface area contributed by atoms with Gasteiger partial charge in [0, 0.05) is 56.7 Å². The monoisotopic (exact) mass is 411 g/mol. The van der Waals surface area contributed by atoms with Crippen molar-refractivity contribution in [1.82, 2.24) is 15.2 Å². The average Bonchev–Trinajstić information content (AvgIpc) is 2.76. The molecule has 1 heterocycles. The molecule has 0 spiro atoms. The van der Waals surface area contributed by atoms with E-state index in [0.29, 0.717) is 0 Å². The minimum Gasteiger partial charge on any atom is -0.372 e. The van der Waals surface area contributed by atoms with Gasteiger partial charge in [-0.05, 0) is 58.2 Å². The van der Waals surface area contributed by atoms with Crippen molar-refractivity contribution in [3.8, 4) is 0 Å². The van der Waals surface area contributed by atoms with Crippen LogP contribution in [0, 0.1) is 6.92 Å². The second-order valence-corrected chi connectivity index (χ2v) is 7.32. The summed E-state index contributed by atoms with van der Waals surface area (Å²) in [5.74, 6) is 0.869. The van der Waals surface area contributed by atoms with E-state index in [2.05, 4.69) is 59.7 Å². The molecule has 2 rings (SSSR count). The van der Waals surface area contributed by atoms with Crippen LogP contribution in [0.15, 0.2) is 58.3 Å². The Balaban J connectivity index is 1.71. The van der Waals surface area contributed by atoms with Crippen LogP contribution < -0.4 is 21.1 Å². The topological polar surface area (TPSA) is 61.7 Å². The average molecular weight is 412 g/mol. The van der Waals surface area contributed by atoms with E-state index in [1.54, 1.807) is 6.07 Å². The number of guanidine groups is 1. The molecule has 30 heavy (non-hydrogen) atoms. The lowest BCUT2D eigenvalue weighted by Gasteiger charge is -2.22. The molecule has 2 N–H and O–H groups in total. The van der Waals surface area contributed by atoms with Gasteiger partial charge in [-0.2, -0.15) is 0 Å². The number of aliphatic imine (C=N–C) groups is 1. The molecule has 0 atom stereocenters. The van der Waals surface area contributed by atoms with Crippen LogP contribution in [0.4, 0.5) is 5.69 Å². The lowest BCUT2D eigenvalue weighted by molar-refractivity contribution is 0.574. The van der Waals surface area contributed by atoms with E-state index >= 15 is 0 Å². The summed E-state index contributed by atoms with van der Waals surface area (Å²) in [6.45, 7) is 11.5. The van der Waals surface area contributed by atoms with Crippen LogP contribution in [-0.4, -0.2) is 43.3 Å². The molecule has 0 fully saturated rings. The van der Waals surface area contributed by atoms with E-state index in [-0.39, 0.29) is 5.56 Å². The zero-order valence-electron chi connectivity index (χ0n) is 18.7. The fourth-order valence-electron chi connectivity index (χ4n) is 3.41. The first-order valence-electron chi connectivity index (χ1n) is 11.1. The number of unbranched alkanes of at least 4 members (excludes halogenated alkanes) is 1. The Hall–Kier alpha value is -2.76. The van der Waals surface area contributed by atoms with Crippen LogP contribution in [0.1, 0.15) is 38.8 Å². The number of para-hydroxylation sites is 1. The van der Waals surface area contributed by atoms with Crippen LogP contribution in [-0.2, 0) is 6.54 Å². The zero-order valence-corrected chi connectivity index (χ0v) is 18.7. The molecule has 0 saturated carbocycles. The van der Waals surface area contributed by atoms with E-state index in [1.807, 2.05) is 23.6 Å². The first kappa shape index (κ1) is 23.5. The summed E-state index contributed by atoms with van der Waals surface area (Å²) in [6.07, 6.45) is 2.96. The molecule has 6 heteroatoms. The number of benzene rings is 1. The number of nitrogens with zero attached hydrogens (tertiary/aromatic N) is 3. The van der Waals surface area contributed by atoms with Gasteiger partial charge in [0.25, 0.3) is 5.56 Å². The molecule has 164 valence electrons. The summed E-state index contributed by atoms with van der Waals surface area (Å²) >= 11 is 0. The molecule has 0 aliphatic heterocycles. The lowest BCUT2D eigenvalue weighted by atomic mass is 10.2. The summed E-state index contributed by atoms with van der Waals surface area (Å²) in [4.78, 5) is 19.0. The fraction of sp³-hybridized carbons (Fsp3) is 0.500. The third-order valence-corrected chi connectivity index (χ3v) is 5.07. The van der Waals surface area contributed by atoms with Gasteiger partial charge in [0.15, 0.2) is 5.96 Å². The first-order chi connectivity index (χ1) is 14.7. The van der Waals surface area contributed by atoms with Crippen molar-refractivity contribution in [2.45, 2.75) is 46.6 Å². The van der Waals surface area contributed by atoms with E-state index in [1.165, 1.54) is 5.69 Å². The molecule has 0 bridgehead atoms. The molecule has 0 radical (unpaired) electrons. The second-order valence-electron chi connectivity index (χ2n) is 7.32. The van der Waals surface area contributed by atoms with E-state index in [9.17, 15) is 4.79 Å². The number of nitrogens with one attached hydrogen (secondary N) is 2. The molecule has 1 aromatic heterocycles. The Bertz CT molecular complexity index is 816. The Labute approximate surface area is 181 Å². The zero-order chi connectivity index (χ0) is 21.6. The highest BCUT2D eigenvalue weighted by Gasteiger charge is 2.03. The molecule has 0 aliphatic carbocycles. The van der Waals surface area contributed by atoms with Crippen LogP contribution in [0.3, 0.4) is 0 Å². The molecular formula is C24H37N5O. The van der Waals surface area contributed by atoms with Crippen molar-refractivity contribution in [3.05, 3.63) is 64.6 Å². The number of anilines is 1. The molecule has 0 amide bonds. The number of rotatable bonds is 12. The van der Waals surface area contributed by atoms with Gasteiger partial charge < -0.3 is 20.1 Å². The highest BCUT2D eigenvalue weighted by Crippen LogP contribution is 2.12. The highest BCUT2D eigenvalue weighted by molar-refractivity contribution is 5.79. The lowest BCUT2D eigenvalue weighted by Crippen LogP contribution is -2.38. The fourth-order valence-corrected chi connectivity index (χ4v) is 3.41. The van der Waals surface area contributed by atoms with Gasteiger partial charge in [-0.25, -0.2) is 0 Å². The second kappa shape index (κ2) is 13.5. The van der Waals surface area contributed by atoms with Gasteiger partial charge in [0.05, 0.1) is 0 Å². The summed E-state index contributed by atoms with van der Waals surface area (Å²) in [7, 11) is 0. The summed E-state index contributed by atoms with van der Waals surface area (Å²) < 4.78 is 1.84. The van der Waals surface area contributed by atoms with E-state index < -0.39 is 0 Å². The number of hydrogen-bond donors (Lipinski definition) is 2. The van der Waals surface area contributed by atoms with E-state index in [0.717, 1.165) is 70.2 Å². The molecule has 2 aromatic rings. The van der Waals surface area contributed by atoms with Crippen molar-refractivity contribution in [3.63, 3.8) is 0 Å². The predicted octanol–water partition coefficient (Wildman–Crippen LogP) is 3.41. The molecule has 6 nitrogen and oxygen atoms in total.